The van der Waals surface area contributed by atoms with E-state index in [1.807, 2.05) is 0 Å². The number of nitrogens with one attached hydrogen (secondary N) is 1. The quantitative estimate of drug-likeness (QED) is 0.564. The van der Waals surface area contributed by atoms with Crippen LogP contribution in [0.3, 0.4) is 0 Å². The molecule has 0 bridgehead atoms. The second-order valence-electron chi connectivity index (χ2n) is 7.23. The first-order chi connectivity index (χ1) is 14.9. The predicted octanol–water partition coefficient (Wildman–Crippen LogP) is 2.66. The summed E-state index contributed by atoms with van der Waals surface area (Å²) in [5.41, 5.74) is 0.949. The summed E-state index contributed by atoms with van der Waals surface area (Å²) in [6.45, 7) is 2.36. The van der Waals surface area contributed by atoms with Crippen LogP contribution < -0.4 is 19.5 Å². The summed E-state index contributed by atoms with van der Waals surface area (Å²) in [5.74, 6) is 0.639. The van der Waals surface area contributed by atoms with E-state index < -0.39 is 5.97 Å². The van der Waals surface area contributed by atoms with Crippen molar-refractivity contribution in [2.75, 3.05) is 27.3 Å². The van der Waals surface area contributed by atoms with Crippen LogP contribution in [0.25, 0.3) is 0 Å². The first-order valence-corrected chi connectivity index (χ1v) is 10.0. The predicted molar refractivity (Wildman–Crippen MR) is 114 cm³/mol. The van der Waals surface area contributed by atoms with Crippen LogP contribution in [-0.2, 0) is 4.79 Å². The Balaban J connectivity index is 1.56. The molecule has 0 saturated carbocycles. The monoisotopic (exact) mass is 426 g/mol. The molecule has 1 N–H and O–H groups in total. The number of nitrogens with zero attached hydrogens (tertiary/aromatic N) is 1. The lowest BCUT2D eigenvalue weighted by Crippen LogP contribution is -2.46. The number of piperidine rings is 1. The van der Waals surface area contributed by atoms with Gasteiger partial charge >= 0.3 is 5.97 Å². The zero-order chi connectivity index (χ0) is 22.4. The molecule has 2 aromatic carbocycles. The van der Waals surface area contributed by atoms with Crippen molar-refractivity contribution in [3.63, 3.8) is 0 Å². The molecule has 0 atom stereocenters. The fourth-order valence-corrected chi connectivity index (χ4v) is 3.51. The van der Waals surface area contributed by atoms with Crippen molar-refractivity contribution < 1.29 is 28.6 Å². The minimum Gasteiger partial charge on any atom is -0.493 e. The van der Waals surface area contributed by atoms with Gasteiger partial charge in [0.15, 0.2) is 11.5 Å². The lowest BCUT2D eigenvalue weighted by Gasteiger charge is -2.32. The molecule has 8 heteroatoms. The number of ether oxygens (including phenoxy) is 3. The van der Waals surface area contributed by atoms with Gasteiger partial charge < -0.3 is 24.4 Å². The summed E-state index contributed by atoms with van der Waals surface area (Å²) in [4.78, 5) is 38.3. The van der Waals surface area contributed by atoms with Gasteiger partial charge in [-0.1, -0.05) is 6.07 Å². The standard InChI is InChI=1S/C23H26N2O6/c1-15(26)31-19-6-4-5-17(13-19)23(28)25-11-9-18(10-12-25)24-22(27)16-7-8-20(29-2)21(14-16)30-3/h4-8,13-14,18H,9-12H2,1-3H3,(H,24,27). The van der Waals surface area contributed by atoms with Crippen LogP contribution in [0.5, 0.6) is 17.2 Å². The maximum Gasteiger partial charge on any atom is 0.308 e. The Morgan fingerprint density at radius 1 is 0.935 bits per heavy atom. The van der Waals surface area contributed by atoms with Gasteiger partial charge in [0.1, 0.15) is 5.75 Å². The maximum absolute atomic E-state index is 12.8. The summed E-state index contributed by atoms with van der Waals surface area (Å²) in [6, 6.07) is 11.6. The highest BCUT2D eigenvalue weighted by Crippen LogP contribution is 2.27. The third-order valence-electron chi connectivity index (χ3n) is 5.11. The molecule has 2 amide bonds. The van der Waals surface area contributed by atoms with Crippen LogP contribution in [0.4, 0.5) is 0 Å². The zero-order valence-electron chi connectivity index (χ0n) is 17.8. The average Bonchev–Trinajstić information content (AvgIpc) is 2.78. The Bertz CT molecular complexity index is 966. The van der Waals surface area contributed by atoms with E-state index in [4.69, 9.17) is 14.2 Å². The Morgan fingerprint density at radius 3 is 2.29 bits per heavy atom. The highest BCUT2D eigenvalue weighted by Gasteiger charge is 2.25. The SMILES string of the molecule is COc1ccc(C(=O)NC2CCN(C(=O)c3cccc(OC(C)=O)c3)CC2)cc1OC. The molecule has 2 aromatic rings. The Hall–Kier alpha value is -3.55. The molecular formula is C23H26N2O6. The lowest BCUT2D eigenvalue weighted by atomic mass is 10.0. The first-order valence-electron chi connectivity index (χ1n) is 10.0. The number of methoxy groups -OCH3 is 2. The molecule has 1 aliphatic heterocycles. The molecule has 0 aliphatic carbocycles. The summed E-state index contributed by atoms with van der Waals surface area (Å²) >= 11 is 0. The van der Waals surface area contributed by atoms with Crippen molar-refractivity contribution in [2.24, 2.45) is 0 Å². The number of carbonyl (C=O) groups is 3. The van der Waals surface area contributed by atoms with E-state index in [1.165, 1.54) is 14.0 Å². The fraction of sp³-hybridized carbons (Fsp3) is 0.348. The van der Waals surface area contributed by atoms with Crippen molar-refractivity contribution in [3.8, 4) is 17.2 Å². The highest BCUT2D eigenvalue weighted by atomic mass is 16.5. The molecule has 0 unspecified atom stereocenters. The Labute approximate surface area is 181 Å². The lowest BCUT2D eigenvalue weighted by molar-refractivity contribution is -0.131. The molecule has 1 saturated heterocycles. The average molecular weight is 426 g/mol. The van der Waals surface area contributed by atoms with Crippen LogP contribution in [0, 0.1) is 0 Å². The Morgan fingerprint density at radius 2 is 1.65 bits per heavy atom. The highest BCUT2D eigenvalue weighted by molar-refractivity contribution is 5.96. The van der Waals surface area contributed by atoms with Crippen LogP contribution >= 0.6 is 0 Å². The number of amides is 2. The van der Waals surface area contributed by atoms with Crippen molar-refractivity contribution in [1.82, 2.24) is 10.2 Å². The van der Waals surface area contributed by atoms with Gasteiger partial charge in [0, 0.05) is 37.2 Å². The van der Waals surface area contributed by atoms with Gasteiger partial charge in [0.2, 0.25) is 0 Å². The van der Waals surface area contributed by atoms with Crippen LogP contribution in [0.1, 0.15) is 40.5 Å². The number of esters is 1. The second-order valence-corrected chi connectivity index (χ2v) is 7.23. The molecule has 1 aliphatic rings. The smallest absolute Gasteiger partial charge is 0.308 e. The molecule has 0 spiro atoms. The van der Waals surface area contributed by atoms with Crippen molar-refractivity contribution in [3.05, 3.63) is 53.6 Å². The molecule has 164 valence electrons. The number of carbonyl (C=O) groups excluding carboxylic acids is 3. The number of hydrogen-bond donors (Lipinski definition) is 1. The third kappa shape index (κ3) is 5.53. The minimum atomic E-state index is -0.435. The molecular weight excluding hydrogens is 400 g/mol. The van der Waals surface area contributed by atoms with E-state index in [2.05, 4.69) is 5.32 Å². The van der Waals surface area contributed by atoms with Gasteiger partial charge in [-0.05, 0) is 49.2 Å². The largest absolute Gasteiger partial charge is 0.493 e. The molecule has 0 aromatic heterocycles. The van der Waals surface area contributed by atoms with Crippen molar-refractivity contribution >= 4 is 17.8 Å². The molecule has 0 radical (unpaired) electrons. The number of rotatable bonds is 6. The summed E-state index contributed by atoms with van der Waals surface area (Å²) in [5, 5.41) is 3.02. The molecule has 3 rings (SSSR count). The fourth-order valence-electron chi connectivity index (χ4n) is 3.51. The minimum absolute atomic E-state index is 0.0305. The molecule has 1 heterocycles. The molecule has 1 fully saturated rings. The second kappa shape index (κ2) is 9.97. The van der Waals surface area contributed by atoms with E-state index in [0.29, 0.717) is 54.3 Å². The van der Waals surface area contributed by atoms with E-state index >= 15 is 0 Å². The van der Waals surface area contributed by atoms with E-state index in [1.54, 1.807) is 54.5 Å². The van der Waals surface area contributed by atoms with Gasteiger partial charge in [-0.15, -0.1) is 0 Å². The van der Waals surface area contributed by atoms with Gasteiger partial charge in [-0.3, -0.25) is 14.4 Å². The van der Waals surface area contributed by atoms with Gasteiger partial charge in [-0.25, -0.2) is 0 Å². The number of hydrogen-bond acceptors (Lipinski definition) is 6. The number of benzene rings is 2. The van der Waals surface area contributed by atoms with Gasteiger partial charge in [0.25, 0.3) is 11.8 Å². The topological polar surface area (TPSA) is 94.2 Å². The van der Waals surface area contributed by atoms with Crippen LogP contribution in [0.15, 0.2) is 42.5 Å². The van der Waals surface area contributed by atoms with Gasteiger partial charge in [0.05, 0.1) is 14.2 Å². The van der Waals surface area contributed by atoms with E-state index in [9.17, 15) is 14.4 Å². The van der Waals surface area contributed by atoms with E-state index in [0.717, 1.165) is 0 Å². The third-order valence-corrected chi connectivity index (χ3v) is 5.11. The summed E-state index contributed by atoms with van der Waals surface area (Å²) in [7, 11) is 3.06. The zero-order valence-corrected chi connectivity index (χ0v) is 17.8. The molecule has 8 nitrogen and oxygen atoms in total. The normalized spacial score (nSPS) is 14.0. The van der Waals surface area contributed by atoms with E-state index in [-0.39, 0.29) is 17.9 Å². The Kier molecular flexibility index (Phi) is 7.12. The van der Waals surface area contributed by atoms with Crippen LogP contribution in [-0.4, -0.2) is 56.0 Å². The number of likely N-dealkylation sites (tertiary alicyclic amines) is 1. The van der Waals surface area contributed by atoms with Crippen LogP contribution in [0.2, 0.25) is 0 Å². The van der Waals surface area contributed by atoms with Crippen molar-refractivity contribution in [2.45, 2.75) is 25.8 Å². The molecule has 31 heavy (non-hydrogen) atoms. The maximum atomic E-state index is 12.8. The summed E-state index contributed by atoms with van der Waals surface area (Å²) in [6.07, 6.45) is 1.29. The summed E-state index contributed by atoms with van der Waals surface area (Å²) < 4.78 is 15.5. The first kappa shape index (κ1) is 22.1. The van der Waals surface area contributed by atoms with Crippen molar-refractivity contribution in [1.29, 1.82) is 0 Å². The van der Waals surface area contributed by atoms with Gasteiger partial charge in [-0.2, -0.15) is 0 Å².